The molecule has 6 rings (SSSR count). The molecule has 0 aliphatic rings. The average molecular weight is 410 g/mol. The van der Waals surface area contributed by atoms with Crippen molar-refractivity contribution in [2.75, 3.05) is 0 Å². The first kappa shape index (κ1) is 18.2. The monoisotopic (exact) mass is 410 g/mol. The van der Waals surface area contributed by atoms with Crippen LogP contribution < -0.4 is 0 Å². The van der Waals surface area contributed by atoms with E-state index in [0.717, 1.165) is 49.8 Å². The van der Waals surface area contributed by atoms with E-state index in [1.165, 1.54) is 0 Å². The maximum absolute atomic E-state index is 10.2. The Bertz CT molecular complexity index is 1630. The number of para-hydroxylation sites is 2. The molecule has 6 aromatic rings. The molecule has 0 spiro atoms. The molecule has 0 unspecified atom stereocenters. The number of nitrogens with zero attached hydrogens (tertiary/aromatic N) is 2. The molecular weight excluding hydrogens is 392 g/mol. The number of rotatable bonds is 3. The summed E-state index contributed by atoms with van der Waals surface area (Å²) in [5.41, 5.74) is 7.99. The van der Waals surface area contributed by atoms with Crippen LogP contribution in [0.4, 0.5) is 0 Å². The number of H-pyrrole nitrogens is 2. The van der Waals surface area contributed by atoms with E-state index in [9.17, 15) is 5.26 Å². The fraction of sp³-hybridized carbons (Fsp3) is 0. The molecule has 4 nitrogen and oxygen atoms in total. The van der Waals surface area contributed by atoms with Gasteiger partial charge in [-0.05, 0) is 23.8 Å². The molecule has 2 N–H and O–H groups in total. The quantitative estimate of drug-likeness (QED) is 0.333. The maximum Gasteiger partial charge on any atom is 0.102 e. The summed E-state index contributed by atoms with van der Waals surface area (Å²) >= 11 is 0. The van der Waals surface area contributed by atoms with Crippen molar-refractivity contribution in [1.29, 1.82) is 5.26 Å². The number of hydrogen-bond donors (Lipinski definition) is 2. The second kappa shape index (κ2) is 7.26. The summed E-state index contributed by atoms with van der Waals surface area (Å²) in [5, 5.41) is 12.4. The Labute approximate surface area is 184 Å². The molecule has 32 heavy (non-hydrogen) atoms. The third-order valence-corrected chi connectivity index (χ3v) is 5.93. The van der Waals surface area contributed by atoms with Gasteiger partial charge in [-0.3, -0.25) is 0 Å². The van der Waals surface area contributed by atoms with Crippen LogP contribution in [-0.4, -0.2) is 15.0 Å². The molecule has 0 radical (unpaired) electrons. The fourth-order valence-electron chi connectivity index (χ4n) is 4.39. The van der Waals surface area contributed by atoms with Crippen molar-refractivity contribution in [1.82, 2.24) is 15.0 Å². The van der Waals surface area contributed by atoms with Crippen molar-refractivity contribution in [3.63, 3.8) is 0 Å². The van der Waals surface area contributed by atoms with Crippen molar-refractivity contribution in [3.05, 3.63) is 103 Å². The van der Waals surface area contributed by atoms with Gasteiger partial charge in [0.15, 0.2) is 0 Å². The lowest BCUT2D eigenvalue weighted by atomic mass is 9.94. The lowest BCUT2D eigenvalue weighted by Gasteiger charge is -2.12. The summed E-state index contributed by atoms with van der Waals surface area (Å²) in [5.74, 6) is 0. The van der Waals surface area contributed by atoms with Crippen LogP contribution in [0.3, 0.4) is 0 Å². The zero-order valence-corrected chi connectivity index (χ0v) is 17.1. The predicted molar refractivity (Wildman–Crippen MR) is 129 cm³/mol. The Morgan fingerprint density at radius 2 is 1.25 bits per heavy atom. The standard InChI is InChI=1S/C28H18N4/c29-15-22-21(18-8-2-1-3-9-18)14-27(23-16-30-25-12-6-4-10-19(23)25)32-28(22)24-17-31-26-13-7-5-11-20(24)26/h1-14,16-17,30-31H. The van der Waals surface area contributed by atoms with Crippen LogP contribution in [0.15, 0.2) is 97.3 Å². The molecule has 3 aromatic heterocycles. The number of hydrogen-bond acceptors (Lipinski definition) is 2. The van der Waals surface area contributed by atoms with Gasteiger partial charge < -0.3 is 9.97 Å². The van der Waals surface area contributed by atoms with Gasteiger partial charge in [-0.2, -0.15) is 5.26 Å². The molecular formula is C28H18N4. The van der Waals surface area contributed by atoms with Gasteiger partial charge >= 0.3 is 0 Å². The van der Waals surface area contributed by atoms with E-state index < -0.39 is 0 Å². The topological polar surface area (TPSA) is 68.3 Å². The number of fused-ring (bicyclic) bond motifs is 2. The van der Waals surface area contributed by atoms with Crippen LogP contribution in [0.2, 0.25) is 0 Å². The lowest BCUT2D eigenvalue weighted by molar-refractivity contribution is 1.30. The molecule has 0 fully saturated rings. The smallest absolute Gasteiger partial charge is 0.102 e. The highest BCUT2D eigenvalue weighted by Crippen LogP contribution is 2.38. The predicted octanol–water partition coefficient (Wildman–Crippen LogP) is 6.92. The normalized spacial score (nSPS) is 11.1. The third kappa shape index (κ3) is 2.80. The highest BCUT2D eigenvalue weighted by atomic mass is 14.8. The van der Waals surface area contributed by atoms with Crippen molar-refractivity contribution in [2.24, 2.45) is 0 Å². The van der Waals surface area contributed by atoms with Crippen LogP contribution in [0.25, 0.3) is 55.4 Å². The summed E-state index contributed by atoms with van der Waals surface area (Å²) in [6, 6.07) is 30.8. The van der Waals surface area contributed by atoms with Gasteiger partial charge in [0.25, 0.3) is 0 Å². The zero-order valence-electron chi connectivity index (χ0n) is 17.1. The summed E-state index contributed by atoms with van der Waals surface area (Å²) in [6.07, 6.45) is 3.94. The van der Waals surface area contributed by atoms with Gasteiger partial charge in [0.1, 0.15) is 6.07 Å². The summed E-state index contributed by atoms with van der Waals surface area (Å²) in [7, 11) is 0. The third-order valence-electron chi connectivity index (χ3n) is 5.93. The molecule has 4 heteroatoms. The largest absolute Gasteiger partial charge is 0.360 e. The first-order chi connectivity index (χ1) is 15.8. The van der Waals surface area contributed by atoms with Gasteiger partial charge in [-0.1, -0.05) is 66.7 Å². The first-order valence-corrected chi connectivity index (χ1v) is 10.5. The van der Waals surface area contributed by atoms with Crippen molar-refractivity contribution >= 4 is 21.8 Å². The van der Waals surface area contributed by atoms with Gasteiger partial charge in [0.2, 0.25) is 0 Å². The highest BCUT2D eigenvalue weighted by Gasteiger charge is 2.20. The first-order valence-electron chi connectivity index (χ1n) is 10.5. The maximum atomic E-state index is 10.2. The Morgan fingerprint density at radius 1 is 0.656 bits per heavy atom. The molecule has 3 heterocycles. The fourth-order valence-corrected chi connectivity index (χ4v) is 4.39. The van der Waals surface area contributed by atoms with E-state index in [1.807, 2.05) is 79.1 Å². The summed E-state index contributed by atoms with van der Waals surface area (Å²) in [4.78, 5) is 11.7. The molecule has 0 saturated carbocycles. The number of nitriles is 1. The molecule has 0 amide bonds. The number of nitrogens with one attached hydrogen (secondary N) is 2. The summed E-state index contributed by atoms with van der Waals surface area (Å²) < 4.78 is 0. The van der Waals surface area contributed by atoms with E-state index in [0.29, 0.717) is 11.3 Å². The highest BCUT2D eigenvalue weighted by molar-refractivity contribution is 6.00. The molecule has 3 aromatic carbocycles. The minimum Gasteiger partial charge on any atom is -0.360 e. The van der Waals surface area contributed by atoms with Gasteiger partial charge in [0.05, 0.1) is 17.0 Å². The van der Waals surface area contributed by atoms with Crippen molar-refractivity contribution in [2.45, 2.75) is 0 Å². The van der Waals surface area contributed by atoms with Gasteiger partial charge in [0, 0.05) is 50.9 Å². The van der Waals surface area contributed by atoms with E-state index >= 15 is 0 Å². The Morgan fingerprint density at radius 3 is 1.94 bits per heavy atom. The number of benzene rings is 3. The summed E-state index contributed by atoms with van der Waals surface area (Å²) in [6.45, 7) is 0. The minimum absolute atomic E-state index is 0.574. The lowest BCUT2D eigenvalue weighted by Crippen LogP contribution is -1.96. The Hall–Kier alpha value is -4.62. The van der Waals surface area contributed by atoms with Crippen LogP contribution in [-0.2, 0) is 0 Å². The zero-order chi connectivity index (χ0) is 21.5. The Balaban J connectivity index is 1.70. The van der Waals surface area contributed by atoms with E-state index in [4.69, 9.17) is 4.98 Å². The Kier molecular flexibility index (Phi) is 4.12. The van der Waals surface area contributed by atoms with Crippen LogP contribution in [0, 0.1) is 11.3 Å². The second-order valence-corrected chi connectivity index (χ2v) is 7.75. The van der Waals surface area contributed by atoms with Crippen molar-refractivity contribution < 1.29 is 0 Å². The van der Waals surface area contributed by atoms with E-state index in [1.54, 1.807) is 0 Å². The molecule has 0 aliphatic carbocycles. The van der Waals surface area contributed by atoms with Gasteiger partial charge in [-0.15, -0.1) is 0 Å². The molecule has 0 saturated heterocycles. The van der Waals surface area contributed by atoms with Crippen LogP contribution >= 0.6 is 0 Å². The number of aromatic amines is 2. The molecule has 0 atom stereocenters. The van der Waals surface area contributed by atoms with Gasteiger partial charge in [-0.25, -0.2) is 4.98 Å². The number of pyridine rings is 1. The average Bonchev–Trinajstić information content (AvgIpc) is 3.48. The van der Waals surface area contributed by atoms with Crippen LogP contribution in [0.1, 0.15) is 5.56 Å². The van der Waals surface area contributed by atoms with Crippen LogP contribution in [0.5, 0.6) is 0 Å². The number of aromatic nitrogens is 3. The molecule has 0 aliphatic heterocycles. The van der Waals surface area contributed by atoms with E-state index in [2.05, 4.69) is 34.2 Å². The SMILES string of the molecule is N#Cc1c(-c2ccccc2)cc(-c2c[nH]c3ccccc23)nc1-c1c[nH]c2ccccc12. The molecule has 150 valence electrons. The second-order valence-electron chi connectivity index (χ2n) is 7.75. The van der Waals surface area contributed by atoms with E-state index in [-0.39, 0.29) is 0 Å². The molecule has 0 bridgehead atoms. The minimum atomic E-state index is 0.574. The van der Waals surface area contributed by atoms with Crippen molar-refractivity contribution in [3.8, 4) is 39.7 Å².